The van der Waals surface area contributed by atoms with E-state index in [1.54, 1.807) is 18.5 Å². The van der Waals surface area contributed by atoms with Gasteiger partial charge in [-0.25, -0.2) is 4.79 Å². The summed E-state index contributed by atoms with van der Waals surface area (Å²) >= 11 is 6.12. The molecule has 5 heteroatoms. The van der Waals surface area contributed by atoms with Crippen LogP contribution in [0.4, 0.5) is 0 Å². The maximum absolute atomic E-state index is 12.2. The van der Waals surface area contributed by atoms with Gasteiger partial charge in [-0.05, 0) is 30.3 Å². The van der Waals surface area contributed by atoms with Crippen molar-refractivity contribution in [2.45, 2.75) is 0 Å². The van der Waals surface area contributed by atoms with Crippen molar-refractivity contribution in [1.82, 2.24) is 9.55 Å². The zero-order valence-electron chi connectivity index (χ0n) is 12.9. The van der Waals surface area contributed by atoms with Crippen LogP contribution in [-0.4, -0.2) is 22.6 Å². The predicted molar refractivity (Wildman–Crippen MR) is 94.9 cm³/mol. The number of carbonyl (C=O) groups is 1. The number of halogens is 1. The van der Waals surface area contributed by atoms with E-state index >= 15 is 0 Å². The number of fused-ring (bicyclic) bond motifs is 2. The second-order valence-corrected chi connectivity index (χ2v) is 5.85. The quantitative estimate of drug-likeness (QED) is 0.502. The van der Waals surface area contributed by atoms with E-state index < -0.39 is 0 Å². The molecule has 2 heterocycles. The molecule has 0 aliphatic rings. The standard InChI is InChI=1S/C19H13ClN2O2/c1-24-19(23)15-11-22(17-7-6-12(20)10-14(15)17)18-8-9-21-16-5-3-2-4-13(16)18/h2-11H,1H3. The lowest BCUT2D eigenvalue weighted by atomic mass is 10.1. The summed E-state index contributed by atoms with van der Waals surface area (Å²) in [6.45, 7) is 0. The Bertz CT molecular complexity index is 1080. The van der Waals surface area contributed by atoms with Gasteiger partial charge in [-0.2, -0.15) is 0 Å². The molecule has 0 aliphatic heterocycles. The molecule has 2 aromatic carbocycles. The average molecular weight is 337 g/mol. The van der Waals surface area contributed by atoms with Crippen molar-refractivity contribution in [3.63, 3.8) is 0 Å². The number of para-hydroxylation sites is 1. The number of pyridine rings is 1. The third-order valence-electron chi connectivity index (χ3n) is 4.06. The van der Waals surface area contributed by atoms with Gasteiger partial charge in [-0.15, -0.1) is 0 Å². The average Bonchev–Trinajstić information content (AvgIpc) is 2.99. The highest BCUT2D eigenvalue weighted by atomic mass is 35.5. The number of esters is 1. The monoisotopic (exact) mass is 336 g/mol. The minimum atomic E-state index is -0.389. The van der Waals surface area contributed by atoms with E-state index in [0.29, 0.717) is 10.6 Å². The minimum absolute atomic E-state index is 0.389. The van der Waals surface area contributed by atoms with Gasteiger partial charge >= 0.3 is 5.97 Å². The first kappa shape index (κ1) is 14.7. The molecule has 0 spiro atoms. The van der Waals surface area contributed by atoms with Crippen LogP contribution < -0.4 is 0 Å². The van der Waals surface area contributed by atoms with E-state index in [1.807, 2.05) is 47.0 Å². The third-order valence-corrected chi connectivity index (χ3v) is 4.29. The molecule has 0 bridgehead atoms. The van der Waals surface area contributed by atoms with Crippen LogP contribution in [0, 0.1) is 0 Å². The van der Waals surface area contributed by atoms with Crippen LogP contribution in [-0.2, 0) is 4.74 Å². The maximum atomic E-state index is 12.2. The van der Waals surface area contributed by atoms with Gasteiger partial charge in [0.2, 0.25) is 0 Å². The zero-order valence-corrected chi connectivity index (χ0v) is 13.6. The first-order valence-electron chi connectivity index (χ1n) is 7.42. The van der Waals surface area contributed by atoms with Crippen molar-refractivity contribution < 1.29 is 9.53 Å². The molecule has 0 saturated carbocycles. The zero-order chi connectivity index (χ0) is 16.7. The minimum Gasteiger partial charge on any atom is -0.465 e. The van der Waals surface area contributed by atoms with Crippen molar-refractivity contribution in [2.24, 2.45) is 0 Å². The summed E-state index contributed by atoms with van der Waals surface area (Å²) < 4.78 is 6.89. The van der Waals surface area contributed by atoms with Crippen LogP contribution in [0.5, 0.6) is 0 Å². The fourth-order valence-corrected chi connectivity index (χ4v) is 3.14. The number of carbonyl (C=O) groups excluding carboxylic acids is 1. The lowest BCUT2D eigenvalue weighted by molar-refractivity contribution is 0.0603. The van der Waals surface area contributed by atoms with E-state index in [0.717, 1.165) is 27.5 Å². The number of methoxy groups -OCH3 is 1. The van der Waals surface area contributed by atoms with E-state index in [2.05, 4.69) is 4.98 Å². The van der Waals surface area contributed by atoms with Gasteiger partial charge < -0.3 is 9.30 Å². The Morgan fingerprint density at radius 1 is 1.12 bits per heavy atom. The molecular formula is C19H13ClN2O2. The summed E-state index contributed by atoms with van der Waals surface area (Å²) in [6.07, 6.45) is 3.55. The van der Waals surface area contributed by atoms with Gasteiger partial charge in [-0.1, -0.05) is 29.8 Å². The van der Waals surface area contributed by atoms with E-state index in [9.17, 15) is 4.79 Å². The summed E-state index contributed by atoms with van der Waals surface area (Å²) in [5, 5.41) is 2.34. The molecule has 0 saturated heterocycles. The molecule has 118 valence electrons. The molecule has 0 aliphatic carbocycles. The summed E-state index contributed by atoms with van der Waals surface area (Å²) in [7, 11) is 1.37. The van der Waals surface area contributed by atoms with Gasteiger partial charge in [0.1, 0.15) is 0 Å². The molecule has 0 radical (unpaired) electrons. The second-order valence-electron chi connectivity index (χ2n) is 5.41. The highest BCUT2D eigenvalue weighted by Crippen LogP contribution is 2.30. The molecular weight excluding hydrogens is 324 g/mol. The molecule has 4 aromatic rings. The second kappa shape index (κ2) is 5.65. The van der Waals surface area contributed by atoms with E-state index in [4.69, 9.17) is 16.3 Å². The normalized spacial score (nSPS) is 11.1. The molecule has 0 N–H and O–H groups in total. The van der Waals surface area contributed by atoms with E-state index in [-0.39, 0.29) is 5.97 Å². The van der Waals surface area contributed by atoms with Crippen LogP contribution in [0.2, 0.25) is 5.02 Å². The molecule has 2 aromatic heterocycles. The topological polar surface area (TPSA) is 44.1 Å². The Labute approximate surface area is 143 Å². The van der Waals surface area contributed by atoms with Crippen molar-refractivity contribution in [2.75, 3.05) is 7.11 Å². The predicted octanol–water partition coefficient (Wildman–Crippen LogP) is 4.62. The first-order chi connectivity index (χ1) is 11.7. The van der Waals surface area contributed by atoms with Crippen molar-refractivity contribution in [3.05, 3.63) is 71.5 Å². The van der Waals surface area contributed by atoms with Crippen LogP contribution >= 0.6 is 11.6 Å². The molecule has 0 amide bonds. The third kappa shape index (κ3) is 2.23. The molecule has 0 atom stereocenters. The van der Waals surface area contributed by atoms with Gasteiger partial charge in [-0.3, -0.25) is 4.98 Å². The summed E-state index contributed by atoms with van der Waals surface area (Å²) in [5.41, 5.74) is 3.21. The van der Waals surface area contributed by atoms with E-state index in [1.165, 1.54) is 7.11 Å². The number of aromatic nitrogens is 2. The Kier molecular flexibility index (Phi) is 3.47. The molecule has 24 heavy (non-hydrogen) atoms. The molecule has 4 nitrogen and oxygen atoms in total. The van der Waals surface area contributed by atoms with Crippen LogP contribution in [0.15, 0.2) is 60.9 Å². The van der Waals surface area contributed by atoms with Gasteiger partial charge in [0.15, 0.2) is 0 Å². The summed E-state index contributed by atoms with van der Waals surface area (Å²) in [6, 6.07) is 15.3. The van der Waals surface area contributed by atoms with Gasteiger partial charge in [0, 0.05) is 28.2 Å². The largest absolute Gasteiger partial charge is 0.465 e. The number of benzene rings is 2. The Hall–Kier alpha value is -2.85. The fraction of sp³-hybridized carbons (Fsp3) is 0.0526. The summed E-state index contributed by atoms with van der Waals surface area (Å²) in [5.74, 6) is -0.389. The maximum Gasteiger partial charge on any atom is 0.340 e. The van der Waals surface area contributed by atoms with Crippen molar-refractivity contribution in [3.8, 4) is 5.69 Å². The number of ether oxygens (including phenoxy) is 1. The smallest absolute Gasteiger partial charge is 0.340 e. The Morgan fingerprint density at radius 2 is 1.96 bits per heavy atom. The number of rotatable bonds is 2. The van der Waals surface area contributed by atoms with Crippen LogP contribution in [0.3, 0.4) is 0 Å². The highest BCUT2D eigenvalue weighted by Gasteiger charge is 2.17. The van der Waals surface area contributed by atoms with Crippen LogP contribution in [0.25, 0.3) is 27.5 Å². The SMILES string of the molecule is COC(=O)c1cn(-c2ccnc3ccccc23)c2ccc(Cl)cc12. The number of hydrogen-bond donors (Lipinski definition) is 0. The number of nitrogens with zero attached hydrogens (tertiary/aromatic N) is 2. The van der Waals surface area contributed by atoms with Crippen LogP contribution in [0.1, 0.15) is 10.4 Å². The van der Waals surface area contributed by atoms with Gasteiger partial charge in [0.25, 0.3) is 0 Å². The molecule has 0 fully saturated rings. The number of hydrogen-bond acceptors (Lipinski definition) is 3. The lowest BCUT2D eigenvalue weighted by Crippen LogP contribution is -2.00. The van der Waals surface area contributed by atoms with Gasteiger partial charge in [0.05, 0.1) is 29.4 Å². The summed E-state index contributed by atoms with van der Waals surface area (Å²) in [4.78, 5) is 16.5. The van der Waals surface area contributed by atoms with Crippen molar-refractivity contribution >= 4 is 39.4 Å². The first-order valence-corrected chi connectivity index (χ1v) is 7.80. The lowest BCUT2D eigenvalue weighted by Gasteiger charge is -2.09. The highest BCUT2D eigenvalue weighted by molar-refractivity contribution is 6.31. The fourth-order valence-electron chi connectivity index (χ4n) is 2.97. The molecule has 0 unspecified atom stereocenters. The Balaban J connectivity index is 2.08. The van der Waals surface area contributed by atoms with Crippen molar-refractivity contribution in [1.29, 1.82) is 0 Å². The molecule has 4 rings (SSSR count). The Morgan fingerprint density at radius 3 is 2.79 bits per heavy atom.